The van der Waals surface area contributed by atoms with Crippen LogP contribution in [0.4, 0.5) is 5.69 Å². The molecule has 0 aromatic heterocycles. The van der Waals surface area contributed by atoms with Gasteiger partial charge < -0.3 is 44.7 Å². The minimum atomic E-state index is -1.63. The first-order chi connectivity index (χ1) is 20.0. The second-order valence-corrected chi connectivity index (χ2v) is 10.5. The van der Waals surface area contributed by atoms with Gasteiger partial charge in [-0.05, 0) is 39.5 Å². The van der Waals surface area contributed by atoms with Crippen molar-refractivity contribution >= 4 is 17.6 Å². The number of hydrogen-bond acceptors (Lipinski definition) is 13. The van der Waals surface area contributed by atoms with E-state index < -0.39 is 60.1 Å². The number of benzene rings is 1. The van der Waals surface area contributed by atoms with Crippen LogP contribution in [0.25, 0.3) is 0 Å². The van der Waals surface area contributed by atoms with E-state index in [4.69, 9.17) is 18.9 Å². The zero-order chi connectivity index (χ0) is 30.6. The summed E-state index contributed by atoms with van der Waals surface area (Å²) < 4.78 is 21.8. The zero-order valence-electron chi connectivity index (χ0n) is 23.3. The molecule has 3 aliphatic rings. The number of hydrogen-bond donors (Lipinski definition) is 5. The number of carbonyl (C=O) groups is 2. The third-order valence-corrected chi connectivity index (χ3v) is 7.67. The van der Waals surface area contributed by atoms with Crippen LogP contribution in [0.3, 0.4) is 0 Å². The predicted molar refractivity (Wildman–Crippen MR) is 143 cm³/mol. The van der Waals surface area contributed by atoms with Crippen LogP contribution >= 0.6 is 0 Å². The van der Waals surface area contributed by atoms with Gasteiger partial charge in [-0.1, -0.05) is 18.2 Å². The van der Waals surface area contributed by atoms with Gasteiger partial charge in [0.25, 0.3) is 5.69 Å². The van der Waals surface area contributed by atoms with E-state index in [-0.39, 0.29) is 41.7 Å². The van der Waals surface area contributed by atoms with Crippen LogP contribution in [0.15, 0.2) is 46.8 Å². The van der Waals surface area contributed by atoms with E-state index in [1.54, 1.807) is 19.9 Å². The normalized spacial score (nSPS) is 28.4. The lowest BCUT2D eigenvalue weighted by molar-refractivity contribution is -0.385. The molecule has 1 saturated carbocycles. The number of nitro benzene ring substituents is 1. The Balaban J connectivity index is 1.55. The molecule has 2 fully saturated rings. The van der Waals surface area contributed by atoms with Crippen LogP contribution in [0.2, 0.25) is 0 Å². The van der Waals surface area contributed by atoms with Gasteiger partial charge in [0.1, 0.15) is 37.1 Å². The fraction of sp³-hybridized carbons (Fsp3) is 0.571. The standard InChI is InChI=1S/C28H36N2O12/c1-14-20(26(35)39-11-12-40-28-25(34)24(33)23(32)19(13-31)42-28)22(17-9-5-6-10-18(17)30(37)38)21(15(2)29-14)27(36)41-16-7-3-4-8-16/h5-6,9-10,16,19,22-25,28-29,31-34H,3-4,7-8,11-13H2,1-2H3/t19-,22?,23-,24+,25-,28+/m1/s1. The van der Waals surface area contributed by atoms with Gasteiger partial charge in [0.05, 0.1) is 35.2 Å². The Hall–Kier alpha value is -3.40. The third-order valence-electron chi connectivity index (χ3n) is 7.67. The molecule has 1 aliphatic carbocycles. The quantitative estimate of drug-likeness (QED) is 0.110. The summed E-state index contributed by atoms with van der Waals surface area (Å²) in [6, 6.07) is 5.83. The van der Waals surface area contributed by atoms with Crippen LogP contribution in [0.5, 0.6) is 0 Å². The number of rotatable bonds is 10. The molecule has 14 nitrogen and oxygen atoms in total. The monoisotopic (exact) mass is 592 g/mol. The van der Waals surface area contributed by atoms with E-state index in [9.17, 15) is 40.1 Å². The van der Waals surface area contributed by atoms with Crippen molar-refractivity contribution in [1.29, 1.82) is 0 Å². The largest absolute Gasteiger partial charge is 0.460 e. The maximum Gasteiger partial charge on any atom is 0.337 e. The summed E-state index contributed by atoms with van der Waals surface area (Å²) in [7, 11) is 0. The van der Waals surface area contributed by atoms with Crippen molar-refractivity contribution in [3.05, 3.63) is 62.5 Å². The van der Waals surface area contributed by atoms with Crippen molar-refractivity contribution in [2.75, 3.05) is 19.8 Å². The lowest BCUT2D eigenvalue weighted by Gasteiger charge is -2.39. The van der Waals surface area contributed by atoms with Crippen molar-refractivity contribution < 1.29 is 53.9 Å². The van der Waals surface area contributed by atoms with E-state index >= 15 is 0 Å². The Morgan fingerprint density at radius 2 is 1.64 bits per heavy atom. The lowest BCUT2D eigenvalue weighted by atomic mass is 9.79. The molecule has 0 spiro atoms. The first-order valence-corrected chi connectivity index (χ1v) is 13.8. The molecular weight excluding hydrogens is 556 g/mol. The molecule has 0 amide bonds. The van der Waals surface area contributed by atoms with Crippen molar-refractivity contribution in [1.82, 2.24) is 5.32 Å². The number of dihydropyridines is 1. The molecule has 42 heavy (non-hydrogen) atoms. The Labute approximate surface area is 241 Å². The molecule has 1 aromatic carbocycles. The van der Waals surface area contributed by atoms with Gasteiger partial charge in [0.2, 0.25) is 0 Å². The summed E-state index contributed by atoms with van der Waals surface area (Å²) in [5.41, 5.74) is 0.583. The summed E-state index contributed by atoms with van der Waals surface area (Å²) in [5, 5.41) is 54.3. The average Bonchev–Trinajstić information content (AvgIpc) is 3.47. The van der Waals surface area contributed by atoms with Gasteiger partial charge in [0, 0.05) is 23.0 Å². The number of ether oxygens (including phenoxy) is 4. The van der Waals surface area contributed by atoms with E-state index in [2.05, 4.69) is 5.32 Å². The fourth-order valence-corrected chi connectivity index (χ4v) is 5.55. The van der Waals surface area contributed by atoms with Gasteiger partial charge in [0.15, 0.2) is 6.29 Å². The summed E-state index contributed by atoms with van der Waals surface area (Å²) in [6.07, 6.45) is -4.43. The highest BCUT2D eigenvalue weighted by atomic mass is 16.7. The van der Waals surface area contributed by atoms with E-state index in [1.807, 2.05) is 0 Å². The Bertz CT molecular complexity index is 1240. The Morgan fingerprint density at radius 1 is 1.00 bits per heavy atom. The molecular formula is C28H36N2O12. The highest BCUT2D eigenvalue weighted by Gasteiger charge is 2.44. The number of nitrogens with zero attached hydrogens (tertiary/aromatic N) is 1. The number of nitrogens with one attached hydrogen (secondary N) is 1. The van der Waals surface area contributed by atoms with Crippen LogP contribution in [0, 0.1) is 10.1 Å². The van der Waals surface area contributed by atoms with Crippen molar-refractivity contribution in [3.8, 4) is 0 Å². The van der Waals surface area contributed by atoms with Gasteiger partial charge in [-0.15, -0.1) is 0 Å². The van der Waals surface area contributed by atoms with Crippen LogP contribution in [-0.2, 0) is 28.5 Å². The molecule has 230 valence electrons. The zero-order valence-corrected chi connectivity index (χ0v) is 23.3. The van der Waals surface area contributed by atoms with Gasteiger partial charge >= 0.3 is 11.9 Å². The van der Waals surface area contributed by atoms with Gasteiger partial charge in [-0.2, -0.15) is 0 Å². The number of aliphatic hydroxyl groups is 4. The molecule has 0 radical (unpaired) electrons. The van der Waals surface area contributed by atoms with Crippen LogP contribution in [0.1, 0.15) is 51.0 Å². The molecule has 4 rings (SSSR count). The lowest BCUT2D eigenvalue weighted by Crippen LogP contribution is -2.59. The molecule has 2 aliphatic heterocycles. The molecule has 1 aromatic rings. The number of aliphatic hydroxyl groups excluding tert-OH is 4. The fourth-order valence-electron chi connectivity index (χ4n) is 5.55. The van der Waals surface area contributed by atoms with E-state index in [1.165, 1.54) is 18.2 Å². The maximum absolute atomic E-state index is 13.5. The van der Waals surface area contributed by atoms with E-state index in [0.717, 1.165) is 12.8 Å². The summed E-state index contributed by atoms with van der Waals surface area (Å²) >= 11 is 0. The van der Waals surface area contributed by atoms with Crippen molar-refractivity contribution in [2.24, 2.45) is 0 Å². The second kappa shape index (κ2) is 13.7. The highest BCUT2D eigenvalue weighted by molar-refractivity contribution is 6.00. The molecule has 2 heterocycles. The molecule has 1 unspecified atom stereocenters. The number of carbonyl (C=O) groups excluding carboxylic acids is 2. The average molecular weight is 593 g/mol. The first-order valence-electron chi connectivity index (χ1n) is 13.8. The maximum atomic E-state index is 13.5. The van der Waals surface area contributed by atoms with Gasteiger partial charge in [-0.3, -0.25) is 10.1 Å². The number of esters is 2. The summed E-state index contributed by atoms with van der Waals surface area (Å²) in [5.74, 6) is -2.72. The van der Waals surface area contributed by atoms with Crippen molar-refractivity contribution in [3.63, 3.8) is 0 Å². The Kier molecular flexibility index (Phi) is 10.3. The number of allylic oxidation sites excluding steroid dienone is 2. The van der Waals surface area contributed by atoms with E-state index in [0.29, 0.717) is 24.2 Å². The SMILES string of the molecule is CC1=C(C(=O)OCCO[C@H]2O[C@H](CO)[C@@H](O)[C@H](O)[C@H]2O)C(c2ccccc2[N+](=O)[O-])C(C(=O)OC2CCCC2)=C(C)N1. The molecule has 6 atom stereocenters. The first kappa shape index (κ1) is 31.5. The summed E-state index contributed by atoms with van der Waals surface area (Å²) in [4.78, 5) is 38.4. The third kappa shape index (κ3) is 6.64. The highest BCUT2D eigenvalue weighted by Crippen LogP contribution is 2.43. The molecule has 0 bridgehead atoms. The number of para-hydroxylation sites is 1. The smallest absolute Gasteiger partial charge is 0.337 e. The second-order valence-electron chi connectivity index (χ2n) is 10.5. The van der Waals surface area contributed by atoms with Crippen LogP contribution < -0.4 is 5.32 Å². The van der Waals surface area contributed by atoms with Gasteiger partial charge in [-0.25, -0.2) is 9.59 Å². The molecule has 1 saturated heterocycles. The Morgan fingerprint density at radius 3 is 2.29 bits per heavy atom. The van der Waals surface area contributed by atoms with Crippen molar-refractivity contribution in [2.45, 2.75) is 82.3 Å². The molecule has 14 heteroatoms. The topological polar surface area (TPSA) is 207 Å². The predicted octanol–water partition coefficient (Wildman–Crippen LogP) is 0.675. The minimum Gasteiger partial charge on any atom is -0.460 e. The summed E-state index contributed by atoms with van der Waals surface area (Å²) in [6.45, 7) is 1.92. The number of nitro groups is 1. The minimum absolute atomic E-state index is 0.0267. The van der Waals surface area contributed by atoms with Crippen LogP contribution in [-0.4, -0.2) is 93.9 Å². The molecule has 5 N–H and O–H groups in total.